The Balaban J connectivity index is 2.19. The average Bonchev–Trinajstić information content (AvgIpc) is 2.58. The number of aliphatic hydroxyl groups excluding tert-OH is 1. The normalized spacial score (nSPS) is 20.3. The van der Waals surface area contributed by atoms with Gasteiger partial charge in [-0.05, 0) is 6.07 Å². The highest BCUT2D eigenvalue weighted by Gasteiger charge is 2.29. The maximum absolute atomic E-state index is 11.4. The van der Waals surface area contributed by atoms with Crippen molar-refractivity contribution in [1.82, 2.24) is 4.98 Å². The van der Waals surface area contributed by atoms with Gasteiger partial charge in [0.25, 0.3) is 0 Å². The Bertz CT molecular complexity index is 395. The van der Waals surface area contributed by atoms with Gasteiger partial charge < -0.3 is 15.2 Å². The van der Waals surface area contributed by atoms with Crippen molar-refractivity contribution in [2.45, 2.75) is 12.5 Å². The largest absolute Gasteiger partial charge is 0.490 e. The zero-order chi connectivity index (χ0) is 11.7. The molecular formula is C9H11BN2O4. The molecule has 1 aliphatic heterocycles. The number of amides is 1. The van der Waals surface area contributed by atoms with E-state index in [0.29, 0.717) is 5.82 Å². The summed E-state index contributed by atoms with van der Waals surface area (Å²) in [5, 5.41) is 27.0. The highest BCUT2D eigenvalue weighted by Crippen LogP contribution is 2.18. The Kier molecular flexibility index (Phi) is 2.91. The van der Waals surface area contributed by atoms with Crippen LogP contribution in [0.25, 0.3) is 0 Å². The van der Waals surface area contributed by atoms with Crippen molar-refractivity contribution in [2.24, 2.45) is 0 Å². The fraction of sp³-hybridized carbons (Fsp3) is 0.333. The van der Waals surface area contributed by atoms with Crippen molar-refractivity contribution < 1.29 is 19.9 Å². The predicted molar refractivity (Wildman–Crippen MR) is 57.0 cm³/mol. The smallest absolute Gasteiger partial charge is 0.423 e. The van der Waals surface area contributed by atoms with E-state index >= 15 is 0 Å². The fourth-order valence-corrected chi connectivity index (χ4v) is 1.62. The van der Waals surface area contributed by atoms with Gasteiger partial charge in [-0.1, -0.05) is 6.07 Å². The van der Waals surface area contributed by atoms with Gasteiger partial charge in [0.2, 0.25) is 5.91 Å². The van der Waals surface area contributed by atoms with Gasteiger partial charge in [0.1, 0.15) is 5.82 Å². The van der Waals surface area contributed by atoms with Crippen molar-refractivity contribution >= 4 is 24.3 Å². The van der Waals surface area contributed by atoms with Gasteiger partial charge >= 0.3 is 7.12 Å². The van der Waals surface area contributed by atoms with E-state index in [4.69, 9.17) is 10.0 Å². The third kappa shape index (κ3) is 2.06. The topological polar surface area (TPSA) is 93.9 Å². The van der Waals surface area contributed by atoms with E-state index in [0.717, 1.165) is 0 Å². The molecule has 1 aromatic heterocycles. The molecule has 0 bridgehead atoms. The number of β-amino-alcohol motifs (C(OH)–C–C–N with tert-alkyl or cyclic N) is 1. The lowest BCUT2D eigenvalue weighted by molar-refractivity contribution is -0.117. The molecule has 0 radical (unpaired) electrons. The molecule has 1 atom stereocenters. The molecule has 0 aliphatic carbocycles. The molecular weight excluding hydrogens is 211 g/mol. The molecule has 2 rings (SSSR count). The van der Waals surface area contributed by atoms with Crippen LogP contribution in [0.3, 0.4) is 0 Å². The third-order valence-electron chi connectivity index (χ3n) is 2.45. The number of nitrogens with zero attached hydrogens (tertiary/aromatic N) is 2. The molecule has 7 heteroatoms. The van der Waals surface area contributed by atoms with E-state index in [2.05, 4.69) is 4.98 Å². The number of hydrogen-bond donors (Lipinski definition) is 3. The van der Waals surface area contributed by atoms with E-state index in [1.807, 2.05) is 0 Å². The van der Waals surface area contributed by atoms with Gasteiger partial charge in [0.15, 0.2) is 0 Å². The first kappa shape index (κ1) is 11.1. The third-order valence-corrected chi connectivity index (χ3v) is 2.45. The van der Waals surface area contributed by atoms with E-state index in [1.54, 1.807) is 0 Å². The highest BCUT2D eigenvalue weighted by atomic mass is 16.4. The summed E-state index contributed by atoms with van der Waals surface area (Å²) in [5.41, 5.74) is 0.260. The Morgan fingerprint density at radius 1 is 1.44 bits per heavy atom. The molecule has 6 nitrogen and oxygen atoms in total. The maximum atomic E-state index is 11.4. The van der Waals surface area contributed by atoms with Crippen LogP contribution < -0.4 is 10.4 Å². The number of rotatable bonds is 2. The van der Waals surface area contributed by atoms with Gasteiger partial charge in [-0.15, -0.1) is 0 Å². The van der Waals surface area contributed by atoms with Crippen LogP contribution >= 0.6 is 0 Å². The zero-order valence-electron chi connectivity index (χ0n) is 8.45. The lowest BCUT2D eigenvalue weighted by Gasteiger charge is -2.14. The molecule has 0 spiro atoms. The van der Waals surface area contributed by atoms with Gasteiger partial charge in [0, 0.05) is 11.7 Å². The van der Waals surface area contributed by atoms with Crippen LogP contribution in [0, 0.1) is 0 Å². The van der Waals surface area contributed by atoms with Gasteiger partial charge in [0.05, 0.1) is 19.1 Å². The number of carbonyl (C=O) groups excluding carboxylic acids is 1. The summed E-state index contributed by atoms with van der Waals surface area (Å²) in [6.07, 6.45) is 0.738. The summed E-state index contributed by atoms with van der Waals surface area (Å²) in [6, 6.07) is 3.00. The first-order chi connectivity index (χ1) is 7.58. The SMILES string of the molecule is O=C1CC(O)CN1c1ccc(B(O)O)cn1. The molecule has 16 heavy (non-hydrogen) atoms. The van der Waals surface area contributed by atoms with E-state index in [9.17, 15) is 9.90 Å². The number of aliphatic hydroxyl groups is 1. The van der Waals surface area contributed by atoms with Crippen molar-refractivity contribution in [3.8, 4) is 0 Å². The second kappa shape index (κ2) is 4.21. The van der Waals surface area contributed by atoms with Gasteiger partial charge in [-0.3, -0.25) is 9.69 Å². The van der Waals surface area contributed by atoms with Crippen LogP contribution in [-0.2, 0) is 4.79 Å². The molecule has 1 unspecified atom stereocenters. The van der Waals surface area contributed by atoms with Crippen LogP contribution in [0.1, 0.15) is 6.42 Å². The monoisotopic (exact) mass is 222 g/mol. The van der Waals surface area contributed by atoms with E-state index < -0.39 is 13.2 Å². The summed E-state index contributed by atoms with van der Waals surface area (Å²) in [6.45, 7) is 0.229. The van der Waals surface area contributed by atoms with Crippen LogP contribution in [0.2, 0.25) is 0 Å². The van der Waals surface area contributed by atoms with E-state index in [-0.39, 0.29) is 24.3 Å². The minimum absolute atomic E-state index is 0.103. The van der Waals surface area contributed by atoms with Crippen LogP contribution in [0.4, 0.5) is 5.82 Å². The molecule has 3 N–H and O–H groups in total. The van der Waals surface area contributed by atoms with Gasteiger partial charge in [-0.2, -0.15) is 0 Å². The molecule has 2 heterocycles. The van der Waals surface area contributed by atoms with E-state index in [1.165, 1.54) is 23.2 Å². The summed E-state index contributed by atoms with van der Waals surface area (Å²) >= 11 is 0. The maximum Gasteiger partial charge on any atom is 0.490 e. The number of carbonyl (C=O) groups is 1. The summed E-state index contributed by atoms with van der Waals surface area (Å²) in [5.74, 6) is 0.225. The van der Waals surface area contributed by atoms with Crippen LogP contribution in [-0.4, -0.2) is 45.8 Å². The van der Waals surface area contributed by atoms with Gasteiger partial charge in [-0.25, -0.2) is 4.98 Å². The first-order valence-electron chi connectivity index (χ1n) is 4.88. The summed E-state index contributed by atoms with van der Waals surface area (Å²) < 4.78 is 0. The number of pyridine rings is 1. The second-order valence-electron chi connectivity index (χ2n) is 3.69. The lowest BCUT2D eigenvalue weighted by atomic mass is 9.82. The van der Waals surface area contributed by atoms with Crippen molar-refractivity contribution in [1.29, 1.82) is 0 Å². The Labute approximate surface area is 92.3 Å². The Hall–Kier alpha value is -1.44. The minimum Gasteiger partial charge on any atom is -0.423 e. The minimum atomic E-state index is -1.57. The van der Waals surface area contributed by atoms with Crippen molar-refractivity contribution in [2.75, 3.05) is 11.4 Å². The zero-order valence-corrected chi connectivity index (χ0v) is 8.45. The highest BCUT2D eigenvalue weighted by molar-refractivity contribution is 6.58. The number of aromatic nitrogens is 1. The molecule has 1 fully saturated rings. The molecule has 1 aliphatic rings. The average molecular weight is 222 g/mol. The molecule has 0 saturated carbocycles. The molecule has 1 amide bonds. The number of hydrogen-bond acceptors (Lipinski definition) is 5. The fourth-order valence-electron chi connectivity index (χ4n) is 1.62. The quantitative estimate of drug-likeness (QED) is 0.496. The first-order valence-corrected chi connectivity index (χ1v) is 4.88. The summed E-state index contributed by atoms with van der Waals surface area (Å²) in [4.78, 5) is 16.7. The lowest BCUT2D eigenvalue weighted by Crippen LogP contribution is -2.31. The van der Waals surface area contributed by atoms with Crippen molar-refractivity contribution in [3.05, 3.63) is 18.3 Å². The summed E-state index contributed by atoms with van der Waals surface area (Å²) in [7, 11) is -1.57. The molecule has 84 valence electrons. The Morgan fingerprint density at radius 2 is 2.19 bits per heavy atom. The molecule has 1 aromatic rings. The van der Waals surface area contributed by atoms with Crippen LogP contribution in [0.15, 0.2) is 18.3 Å². The van der Waals surface area contributed by atoms with Crippen LogP contribution in [0.5, 0.6) is 0 Å². The second-order valence-corrected chi connectivity index (χ2v) is 3.69. The molecule has 0 aromatic carbocycles. The number of anilines is 1. The van der Waals surface area contributed by atoms with Crippen molar-refractivity contribution in [3.63, 3.8) is 0 Å². The molecule has 1 saturated heterocycles. The predicted octanol–water partition coefficient (Wildman–Crippen LogP) is -2.14. The standard InChI is InChI=1S/C9H11BN2O4/c13-7-3-9(14)12(5-7)8-2-1-6(4-11-8)10(15)16/h1-2,4,7,13,15-16H,3,5H2. The Morgan fingerprint density at radius 3 is 2.62 bits per heavy atom.